The average Bonchev–Trinajstić information content (AvgIpc) is 2.91. The maximum Gasteiger partial charge on any atom is 0.165 e. The Kier molecular flexibility index (Phi) is 4.87. The third kappa shape index (κ3) is 3.75. The summed E-state index contributed by atoms with van der Waals surface area (Å²) in [6.45, 7) is 2.30. The van der Waals surface area contributed by atoms with E-state index in [0.717, 1.165) is 17.0 Å². The van der Waals surface area contributed by atoms with Crippen LogP contribution < -0.4 is 10.5 Å². The molecule has 1 atom stereocenters. The average molecular weight is 280 g/mol. The van der Waals surface area contributed by atoms with Crippen LogP contribution in [0.3, 0.4) is 0 Å². The molecule has 0 aliphatic carbocycles. The highest BCUT2D eigenvalue weighted by molar-refractivity contribution is 7.09. The summed E-state index contributed by atoms with van der Waals surface area (Å²) in [7, 11) is 0. The number of para-hydroxylation sites is 1. The molecule has 5 heteroatoms. The van der Waals surface area contributed by atoms with E-state index in [1.54, 1.807) is 12.3 Å². The summed E-state index contributed by atoms with van der Waals surface area (Å²) in [5.41, 5.74) is 6.74. The van der Waals surface area contributed by atoms with Gasteiger partial charge in [-0.3, -0.25) is 0 Å². The monoisotopic (exact) mass is 280 g/mol. The molecule has 102 valence electrons. The van der Waals surface area contributed by atoms with E-state index < -0.39 is 0 Å². The molecule has 2 rings (SSSR count). The summed E-state index contributed by atoms with van der Waals surface area (Å²) >= 11 is 1.49. The van der Waals surface area contributed by atoms with E-state index in [1.165, 1.54) is 17.4 Å². The van der Waals surface area contributed by atoms with Gasteiger partial charge in [-0.2, -0.15) is 0 Å². The zero-order chi connectivity index (χ0) is 13.7. The normalized spacial score (nSPS) is 12.4. The van der Waals surface area contributed by atoms with E-state index in [-0.39, 0.29) is 18.5 Å². The minimum Gasteiger partial charge on any atom is -0.483 e. The number of nitrogens with zero attached hydrogens (tertiary/aromatic N) is 1. The summed E-state index contributed by atoms with van der Waals surface area (Å²) in [5, 5.41) is 2.70. The van der Waals surface area contributed by atoms with Crippen LogP contribution in [0.4, 0.5) is 4.39 Å². The zero-order valence-electron chi connectivity index (χ0n) is 10.8. The van der Waals surface area contributed by atoms with Gasteiger partial charge in [0.25, 0.3) is 0 Å². The fourth-order valence-electron chi connectivity index (χ4n) is 1.76. The second-order valence-corrected chi connectivity index (χ2v) is 5.29. The quantitative estimate of drug-likeness (QED) is 0.884. The van der Waals surface area contributed by atoms with Crippen LogP contribution in [0.25, 0.3) is 0 Å². The number of nitrogens with two attached hydrogens (primary N) is 1. The smallest absolute Gasteiger partial charge is 0.165 e. The number of ether oxygens (including phenoxy) is 1. The largest absolute Gasteiger partial charge is 0.483 e. The van der Waals surface area contributed by atoms with Crippen molar-refractivity contribution < 1.29 is 9.13 Å². The molecule has 0 saturated carbocycles. The molecular weight excluding hydrogens is 263 g/mol. The fourth-order valence-corrected chi connectivity index (χ4v) is 2.29. The molecule has 0 bridgehead atoms. The van der Waals surface area contributed by atoms with Gasteiger partial charge in [-0.1, -0.05) is 19.1 Å². The van der Waals surface area contributed by atoms with Crippen LogP contribution in [-0.4, -0.2) is 11.0 Å². The molecule has 0 saturated heterocycles. The fraction of sp³-hybridized carbons (Fsp3) is 0.357. The number of thiazole rings is 1. The number of benzene rings is 1. The van der Waals surface area contributed by atoms with Gasteiger partial charge in [-0.25, -0.2) is 9.37 Å². The summed E-state index contributed by atoms with van der Waals surface area (Å²) < 4.78 is 19.4. The highest BCUT2D eigenvalue weighted by atomic mass is 32.1. The first-order chi connectivity index (χ1) is 9.20. The minimum absolute atomic E-state index is 0.0176. The Hall–Kier alpha value is -1.46. The van der Waals surface area contributed by atoms with Crippen LogP contribution >= 0.6 is 11.3 Å². The van der Waals surface area contributed by atoms with Crippen molar-refractivity contribution in [3.05, 3.63) is 46.2 Å². The van der Waals surface area contributed by atoms with E-state index in [1.807, 2.05) is 18.4 Å². The molecule has 0 aliphatic rings. The van der Waals surface area contributed by atoms with E-state index >= 15 is 0 Å². The Morgan fingerprint density at radius 1 is 1.47 bits per heavy atom. The van der Waals surface area contributed by atoms with Crippen LogP contribution in [0, 0.1) is 5.82 Å². The van der Waals surface area contributed by atoms with Crippen LogP contribution in [-0.2, 0) is 13.0 Å². The summed E-state index contributed by atoms with van der Waals surface area (Å²) in [5.74, 6) is -0.0565. The van der Waals surface area contributed by atoms with Gasteiger partial charge in [0.05, 0.1) is 0 Å². The first-order valence-corrected chi connectivity index (χ1v) is 7.12. The molecule has 2 aromatic rings. The summed E-state index contributed by atoms with van der Waals surface area (Å²) in [4.78, 5) is 4.11. The van der Waals surface area contributed by atoms with Crippen molar-refractivity contribution in [1.29, 1.82) is 0 Å². The molecule has 2 N–H and O–H groups in total. The van der Waals surface area contributed by atoms with Crippen molar-refractivity contribution in [3.8, 4) is 5.75 Å². The molecule has 1 unspecified atom stereocenters. The maximum absolute atomic E-state index is 13.9. The van der Waals surface area contributed by atoms with Gasteiger partial charge in [0.2, 0.25) is 0 Å². The molecule has 1 heterocycles. The lowest BCUT2D eigenvalue weighted by molar-refractivity contribution is 0.285. The zero-order valence-corrected chi connectivity index (χ0v) is 11.6. The topological polar surface area (TPSA) is 48.1 Å². The van der Waals surface area contributed by atoms with Gasteiger partial charge < -0.3 is 10.5 Å². The van der Waals surface area contributed by atoms with Crippen molar-refractivity contribution in [2.75, 3.05) is 0 Å². The molecule has 1 aromatic carbocycles. The third-order valence-corrected chi connectivity index (χ3v) is 3.63. The number of hydrogen-bond donors (Lipinski definition) is 1. The van der Waals surface area contributed by atoms with E-state index in [4.69, 9.17) is 10.5 Å². The lowest BCUT2D eigenvalue weighted by atomic mass is 10.0. The molecule has 19 heavy (non-hydrogen) atoms. The Labute approximate surface area is 116 Å². The third-order valence-electron chi connectivity index (χ3n) is 2.88. The first kappa shape index (κ1) is 14.0. The van der Waals surface area contributed by atoms with Gasteiger partial charge in [0, 0.05) is 17.6 Å². The van der Waals surface area contributed by atoms with E-state index in [0.29, 0.717) is 12.2 Å². The molecule has 0 aliphatic heterocycles. The van der Waals surface area contributed by atoms with E-state index in [9.17, 15) is 4.39 Å². The second-order valence-electron chi connectivity index (χ2n) is 4.32. The van der Waals surface area contributed by atoms with Crippen LogP contribution in [0.5, 0.6) is 5.75 Å². The molecule has 1 aromatic heterocycles. The minimum atomic E-state index is -0.350. The number of aromatic nitrogens is 1. The first-order valence-electron chi connectivity index (χ1n) is 6.24. The molecule has 0 radical (unpaired) electrons. The predicted octanol–water partition coefficient (Wildman–Crippen LogP) is 3.14. The van der Waals surface area contributed by atoms with Gasteiger partial charge in [-0.15, -0.1) is 11.3 Å². The Morgan fingerprint density at radius 2 is 2.32 bits per heavy atom. The van der Waals surface area contributed by atoms with Crippen LogP contribution in [0.2, 0.25) is 0 Å². The van der Waals surface area contributed by atoms with Crippen LogP contribution in [0.15, 0.2) is 29.8 Å². The van der Waals surface area contributed by atoms with Gasteiger partial charge >= 0.3 is 0 Å². The van der Waals surface area contributed by atoms with Gasteiger partial charge in [-0.05, 0) is 24.5 Å². The van der Waals surface area contributed by atoms with Crippen molar-refractivity contribution >= 4 is 11.3 Å². The molecular formula is C14H17FN2OS. The highest BCUT2D eigenvalue weighted by Gasteiger charge is 2.13. The lowest BCUT2D eigenvalue weighted by Gasteiger charge is -2.14. The molecule has 0 fully saturated rings. The lowest BCUT2D eigenvalue weighted by Crippen LogP contribution is -2.22. The molecule has 0 amide bonds. The maximum atomic E-state index is 13.9. The standard InChI is InChI=1S/C14H17FN2OS/c1-2-11(16)8-10-4-3-5-12(15)14(10)18-9-13-17-6-7-19-13/h3-7,11H,2,8-9,16H2,1H3. The van der Waals surface area contributed by atoms with Crippen LogP contribution in [0.1, 0.15) is 23.9 Å². The van der Waals surface area contributed by atoms with Crippen molar-refractivity contribution in [2.45, 2.75) is 32.4 Å². The van der Waals surface area contributed by atoms with Crippen molar-refractivity contribution in [1.82, 2.24) is 4.98 Å². The van der Waals surface area contributed by atoms with E-state index in [2.05, 4.69) is 4.98 Å². The number of hydrogen-bond acceptors (Lipinski definition) is 4. The number of halogens is 1. The molecule has 0 spiro atoms. The SMILES string of the molecule is CCC(N)Cc1cccc(F)c1OCc1nccs1. The van der Waals surface area contributed by atoms with Crippen molar-refractivity contribution in [3.63, 3.8) is 0 Å². The Balaban J connectivity index is 2.13. The number of rotatable bonds is 6. The van der Waals surface area contributed by atoms with Gasteiger partial charge in [0.1, 0.15) is 11.6 Å². The summed E-state index contributed by atoms with van der Waals surface area (Å²) in [6, 6.07) is 4.96. The highest BCUT2D eigenvalue weighted by Crippen LogP contribution is 2.25. The van der Waals surface area contributed by atoms with Crippen molar-refractivity contribution in [2.24, 2.45) is 5.73 Å². The Bertz CT molecular complexity index is 516. The Morgan fingerprint density at radius 3 is 3.00 bits per heavy atom. The summed E-state index contributed by atoms with van der Waals surface area (Å²) in [6.07, 6.45) is 3.17. The van der Waals surface area contributed by atoms with Gasteiger partial charge in [0.15, 0.2) is 11.6 Å². The molecule has 3 nitrogen and oxygen atoms in total. The predicted molar refractivity (Wildman–Crippen MR) is 74.8 cm³/mol. The second kappa shape index (κ2) is 6.63.